The van der Waals surface area contributed by atoms with Crippen LogP contribution in [-0.4, -0.2) is 79.1 Å². The van der Waals surface area contributed by atoms with Crippen molar-refractivity contribution in [2.24, 2.45) is 0 Å². The zero-order valence-electron chi connectivity index (χ0n) is 37.9. The average Bonchev–Trinajstić information content (AvgIpc) is 3.39. The van der Waals surface area contributed by atoms with Gasteiger partial charge in [0.05, 0.1) is 39.1 Å². The fraction of sp³-hybridized carbons (Fsp3) is 0.315. The number of hydrogen-bond acceptors (Lipinski definition) is 11. The van der Waals surface area contributed by atoms with E-state index in [0.717, 1.165) is 27.8 Å². The fourth-order valence-electron chi connectivity index (χ4n) is 8.19. The van der Waals surface area contributed by atoms with Crippen molar-refractivity contribution in [1.82, 2.24) is 0 Å². The summed E-state index contributed by atoms with van der Waals surface area (Å²) in [6.45, 7) is 0.928. The van der Waals surface area contributed by atoms with Crippen LogP contribution in [0.1, 0.15) is 45.1 Å². The maximum absolute atomic E-state index is 15.0. The van der Waals surface area contributed by atoms with Crippen LogP contribution in [0.3, 0.4) is 0 Å². The van der Waals surface area contributed by atoms with Gasteiger partial charge in [-0.3, -0.25) is 0 Å². The first-order chi connectivity index (χ1) is 34.0. The molecule has 16 heteroatoms. The van der Waals surface area contributed by atoms with E-state index in [1.54, 1.807) is 6.92 Å². The first kappa shape index (κ1) is 50.5. The third-order valence-electron chi connectivity index (χ3n) is 11.8. The summed E-state index contributed by atoms with van der Waals surface area (Å²) >= 11 is 0. The predicted octanol–water partition coefficient (Wildman–Crippen LogP) is 9.31. The molecule has 2 saturated heterocycles. The average molecular weight is 971 g/mol. The summed E-state index contributed by atoms with van der Waals surface area (Å²) in [5, 5.41) is 12.3. The summed E-state index contributed by atoms with van der Waals surface area (Å²) in [5.74, 6) is -13.8. The van der Waals surface area contributed by atoms with E-state index in [1.165, 1.54) is 0 Å². The SMILES string of the molecule is C[C@@H]1O[C@@H](O[C@@H]2[C@H](OCc3ccccc3)[C@@H](OCc3ccccc3)[C@@H](OCc3ccccc3)O[C@@H]2COC(=O)c2c(F)c(F)c(F)c(F)c2F)[C@H](O)[C@H](OCc2ccccc2)[C@H]1OCc1ccccc1. The molecular weight excluding hydrogens is 920 g/mol. The van der Waals surface area contributed by atoms with E-state index in [2.05, 4.69) is 0 Å². The molecule has 2 aliphatic rings. The highest BCUT2D eigenvalue weighted by atomic mass is 19.2. The van der Waals surface area contributed by atoms with Crippen molar-refractivity contribution in [2.45, 2.75) is 101 Å². The summed E-state index contributed by atoms with van der Waals surface area (Å²) in [6, 6.07) is 46.1. The van der Waals surface area contributed by atoms with Crippen LogP contribution in [0.25, 0.3) is 0 Å². The molecule has 0 aliphatic carbocycles. The molecule has 2 fully saturated rings. The van der Waals surface area contributed by atoms with Crippen molar-refractivity contribution >= 4 is 5.97 Å². The van der Waals surface area contributed by atoms with E-state index in [0.29, 0.717) is 0 Å². The molecule has 6 aromatic carbocycles. The molecule has 0 radical (unpaired) electrons. The summed E-state index contributed by atoms with van der Waals surface area (Å²) in [6.07, 6.45) is -12.6. The van der Waals surface area contributed by atoms with Crippen LogP contribution in [-0.2, 0) is 75.7 Å². The third kappa shape index (κ3) is 12.5. The monoisotopic (exact) mass is 970 g/mol. The Morgan fingerprint density at radius 1 is 0.457 bits per heavy atom. The summed E-state index contributed by atoms with van der Waals surface area (Å²) in [7, 11) is 0. The molecule has 0 amide bonds. The molecule has 2 aliphatic heterocycles. The lowest BCUT2D eigenvalue weighted by Gasteiger charge is -2.49. The van der Waals surface area contributed by atoms with Gasteiger partial charge in [0.1, 0.15) is 54.9 Å². The van der Waals surface area contributed by atoms with E-state index < -0.39 is 109 Å². The molecule has 0 aromatic heterocycles. The minimum absolute atomic E-state index is 0.00724. The zero-order valence-corrected chi connectivity index (χ0v) is 37.9. The van der Waals surface area contributed by atoms with Gasteiger partial charge in [-0.05, 0) is 34.7 Å². The Kier molecular flexibility index (Phi) is 17.5. The van der Waals surface area contributed by atoms with Crippen molar-refractivity contribution in [3.63, 3.8) is 0 Å². The smallest absolute Gasteiger partial charge is 0.344 e. The Morgan fingerprint density at radius 3 is 1.27 bits per heavy atom. The lowest BCUT2D eigenvalue weighted by molar-refractivity contribution is -0.370. The predicted molar refractivity (Wildman–Crippen MR) is 242 cm³/mol. The number of hydrogen-bond donors (Lipinski definition) is 1. The minimum atomic E-state index is -2.45. The number of carbonyl (C=O) groups is 1. The molecule has 6 aromatic rings. The topological polar surface area (TPSA) is 120 Å². The Hall–Kier alpha value is -5.92. The highest BCUT2D eigenvalue weighted by molar-refractivity contribution is 5.90. The van der Waals surface area contributed by atoms with Gasteiger partial charge in [0.25, 0.3) is 0 Å². The van der Waals surface area contributed by atoms with Crippen LogP contribution in [0.4, 0.5) is 22.0 Å². The summed E-state index contributed by atoms with van der Waals surface area (Å²) in [5.41, 5.74) is 2.07. The Balaban J connectivity index is 1.16. The molecular formula is C54H51F5O11. The Labute approximate surface area is 401 Å². The highest BCUT2D eigenvalue weighted by Gasteiger charge is 2.54. The molecule has 0 bridgehead atoms. The highest BCUT2D eigenvalue weighted by Crippen LogP contribution is 2.36. The van der Waals surface area contributed by atoms with Crippen molar-refractivity contribution in [3.8, 4) is 0 Å². The van der Waals surface area contributed by atoms with E-state index in [-0.39, 0.29) is 33.0 Å². The molecule has 1 N–H and O–H groups in total. The third-order valence-corrected chi connectivity index (χ3v) is 11.8. The van der Waals surface area contributed by atoms with Gasteiger partial charge in [0.15, 0.2) is 35.8 Å². The number of ether oxygens (including phenoxy) is 9. The molecule has 8 rings (SSSR count). The molecule has 11 nitrogen and oxygen atoms in total. The molecule has 70 heavy (non-hydrogen) atoms. The van der Waals surface area contributed by atoms with Crippen LogP contribution >= 0.6 is 0 Å². The number of halogens is 5. The van der Waals surface area contributed by atoms with Gasteiger partial charge in [-0.1, -0.05) is 152 Å². The van der Waals surface area contributed by atoms with Crippen molar-refractivity contribution in [3.05, 3.63) is 214 Å². The van der Waals surface area contributed by atoms with Crippen molar-refractivity contribution in [1.29, 1.82) is 0 Å². The largest absolute Gasteiger partial charge is 0.459 e. The Bertz CT molecular complexity index is 2540. The number of carbonyl (C=O) groups excluding carboxylic acids is 1. The Morgan fingerprint density at radius 2 is 0.829 bits per heavy atom. The molecule has 368 valence electrons. The van der Waals surface area contributed by atoms with Crippen molar-refractivity contribution in [2.75, 3.05) is 6.61 Å². The number of benzene rings is 6. The first-order valence-electron chi connectivity index (χ1n) is 22.7. The maximum Gasteiger partial charge on any atom is 0.344 e. The first-order valence-corrected chi connectivity index (χ1v) is 22.7. The van der Waals surface area contributed by atoms with Crippen LogP contribution < -0.4 is 0 Å². The van der Waals surface area contributed by atoms with E-state index in [1.807, 2.05) is 152 Å². The van der Waals surface area contributed by atoms with Crippen LogP contribution in [0.2, 0.25) is 0 Å². The van der Waals surface area contributed by atoms with Crippen LogP contribution in [0.15, 0.2) is 152 Å². The fourth-order valence-corrected chi connectivity index (χ4v) is 8.19. The molecule has 0 spiro atoms. The quantitative estimate of drug-likeness (QED) is 0.0341. The van der Waals surface area contributed by atoms with E-state index in [9.17, 15) is 31.9 Å². The summed E-state index contributed by atoms with van der Waals surface area (Å²) in [4.78, 5) is 13.4. The standard InChI is InChI=1S/C54H51F5O11/c1-33-47(62-27-34-17-7-2-8-18-34)49(63-28-35-19-9-3-10-20-35)46(60)53(68-33)70-48-39(32-66-52(61)40-41(55)43(57)45(59)44(58)42(40)56)69-54(67-31-38-25-15-6-16-26-38)51(65-30-37-23-13-5-14-24-37)50(48)64-29-36-21-11-4-12-22-36/h2-26,33,39,46-51,53-54,60H,27-32H2,1H3/t33-,39+,46+,47-,48-,49-,50-,51+,53-,54-/m0/s1. The summed E-state index contributed by atoms with van der Waals surface area (Å²) < 4.78 is 130. The molecule has 2 heterocycles. The zero-order chi connectivity index (χ0) is 49.0. The van der Waals surface area contributed by atoms with Crippen molar-refractivity contribution < 1.29 is 74.5 Å². The van der Waals surface area contributed by atoms with Gasteiger partial charge in [-0.2, -0.15) is 0 Å². The van der Waals surface area contributed by atoms with E-state index in [4.69, 9.17) is 42.6 Å². The van der Waals surface area contributed by atoms with Gasteiger partial charge in [0.2, 0.25) is 5.82 Å². The normalized spacial score (nSPS) is 24.6. The second kappa shape index (κ2) is 24.3. The lowest BCUT2D eigenvalue weighted by atomic mass is 9.96. The molecule has 0 saturated carbocycles. The van der Waals surface area contributed by atoms with Gasteiger partial charge in [0, 0.05) is 0 Å². The number of esters is 1. The van der Waals surface area contributed by atoms with Crippen LogP contribution in [0.5, 0.6) is 0 Å². The minimum Gasteiger partial charge on any atom is -0.459 e. The van der Waals surface area contributed by atoms with Gasteiger partial charge < -0.3 is 47.7 Å². The van der Waals surface area contributed by atoms with Gasteiger partial charge >= 0.3 is 5.97 Å². The number of aliphatic hydroxyl groups excluding tert-OH is 1. The number of rotatable bonds is 20. The molecule has 10 atom stereocenters. The second-order valence-electron chi connectivity index (χ2n) is 16.7. The van der Waals surface area contributed by atoms with Gasteiger partial charge in [-0.25, -0.2) is 26.7 Å². The second-order valence-corrected chi connectivity index (χ2v) is 16.7. The lowest BCUT2D eigenvalue weighted by Crippen LogP contribution is -2.65. The van der Waals surface area contributed by atoms with Crippen LogP contribution in [0, 0.1) is 29.1 Å². The molecule has 0 unspecified atom stereocenters. The van der Waals surface area contributed by atoms with Gasteiger partial charge in [-0.15, -0.1) is 0 Å². The number of aliphatic hydroxyl groups is 1. The van der Waals surface area contributed by atoms with E-state index >= 15 is 0 Å². The maximum atomic E-state index is 15.0.